The molecule has 0 radical (unpaired) electrons. The number of methoxy groups -OCH3 is 2. The van der Waals surface area contributed by atoms with Crippen molar-refractivity contribution in [1.29, 1.82) is 0 Å². The van der Waals surface area contributed by atoms with Crippen LogP contribution in [0.1, 0.15) is 259 Å². The van der Waals surface area contributed by atoms with Crippen LogP contribution in [0.3, 0.4) is 0 Å². The highest BCUT2D eigenvalue weighted by atomic mass is 32.2. The third-order valence-electron chi connectivity index (χ3n) is 12.2. The van der Waals surface area contributed by atoms with Crippen molar-refractivity contribution in [2.75, 3.05) is 53.6 Å². The Labute approximate surface area is 386 Å². The van der Waals surface area contributed by atoms with Crippen molar-refractivity contribution in [1.82, 2.24) is 9.62 Å². The van der Waals surface area contributed by atoms with E-state index in [0.29, 0.717) is 17.5 Å². The summed E-state index contributed by atoms with van der Waals surface area (Å²) in [5, 5.41) is 0.629. The van der Waals surface area contributed by atoms with E-state index in [4.69, 9.17) is 14.2 Å². The molecule has 0 amide bonds. The second-order valence-corrected chi connectivity index (χ2v) is 19.1. The summed E-state index contributed by atoms with van der Waals surface area (Å²) in [5.41, 5.74) is 0. The van der Waals surface area contributed by atoms with E-state index in [9.17, 15) is 9.59 Å². The number of hydrogen-bond acceptors (Lipinski definition) is 8. The fourth-order valence-corrected chi connectivity index (χ4v) is 8.88. The predicted octanol–water partition coefficient (Wildman–Crippen LogP) is 15.4. The van der Waals surface area contributed by atoms with E-state index < -0.39 is 0 Å². The van der Waals surface area contributed by atoms with Gasteiger partial charge in [0.05, 0.1) is 18.8 Å². The minimum atomic E-state index is 0.506. The zero-order chi connectivity index (χ0) is 45.0. The van der Waals surface area contributed by atoms with Crippen LogP contribution in [-0.4, -0.2) is 88.5 Å². The van der Waals surface area contributed by atoms with Crippen molar-refractivity contribution in [3.8, 4) is 0 Å². The lowest BCUT2D eigenvalue weighted by molar-refractivity contribution is -0.108. The third kappa shape index (κ3) is 50.4. The molecule has 1 rings (SSSR count). The molecule has 0 saturated carbocycles. The molecule has 2 unspecified atom stereocenters. The Bertz CT molecular complexity index is 775. The molecular weight excluding hydrogens is 777 g/mol. The molecule has 0 aromatic rings. The average Bonchev–Trinajstić information content (AvgIpc) is 3.81. The summed E-state index contributed by atoms with van der Waals surface area (Å²) < 4.78 is 19.9. The first-order valence-corrected chi connectivity index (χ1v) is 27.6. The topological polar surface area (TPSA) is 77.1 Å². The van der Waals surface area contributed by atoms with Crippen LogP contribution in [0.15, 0.2) is 0 Å². The van der Waals surface area contributed by atoms with Gasteiger partial charge in [0, 0.05) is 45.5 Å². The highest BCUT2D eigenvalue weighted by Gasteiger charge is 2.15. The van der Waals surface area contributed by atoms with Crippen LogP contribution in [0, 0.1) is 0 Å². The summed E-state index contributed by atoms with van der Waals surface area (Å²) in [6, 6.07) is 0. The van der Waals surface area contributed by atoms with E-state index in [2.05, 4.69) is 37.3 Å². The zero-order valence-corrected chi connectivity index (χ0v) is 42.8. The lowest BCUT2D eigenvalue weighted by atomic mass is 10.0. The summed E-state index contributed by atoms with van der Waals surface area (Å²) in [6.45, 7) is 15.5. The number of hydrogen-bond donors (Lipinski definition) is 1. The number of ether oxygens (including phenoxy) is 3. The van der Waals surface area contributed by atoms with Crippen molar-refractivity contribution < 1.29 is 23.8 Å². The fourth-order valence-electron chi connectivity index (χ4n) is 8.01. The van der Waals surface area contributed by atoms with E-state index in [1.165, 1.54) is 219 Å². The van der Waals surface area contributed by atoms with Crippen LogP contribution in [0.4, 0.5) is 0 Å². The molecule has 1 fully saturated rings. The number of unbranched alkanes of at least 4 members (excludes halogenated alkanes) is 25. The Kier molecular flexibility index (Phi) is 57.1. The maximum absolute atomic E-state index is 10.4. The predicted molar refractivity (Wildman–Crippen MR) is 269 cm³/mol. The molecule has 0 aliphatic carbocycles. The van der Waals surface area contributed by atoms with Gasteiger partial charge < -0.3 is 28.7 Å². The van der Waals surface area contributed by atoms with Gasteiger partial charge in [0.1, 0.15) is 12.6 Å². The van der Waals surface area contributed by atoms with E-state index in [1.807, 2.05) is 26.2 Å². The molecule has 7 nitrogen and oxygen atoms in total. The molecule has 1 heterocycles. The van der Waals surface area contributed by atoms with Crippen LogP contribution in [0.25, 0.3) is 0 Å². The second kappa shape index (κ2) is 55.6. The second-order valence-electron chi connectivity index (χ2n) is 17.9. The van der Waals surface area contributed by atoms with Gasteiger partial charge in [-0.1, -0.05) is 194 Å². The first-order valence-electron chi connectivity index (χ1n) is 26.7. The Morgan fingerprint density at radius 2 is 0.934 bits per heavy atom. The normalized spacial score (nSPS) is 14.2. The lowest BCUT2D eigenvalue weighted by Gasteiger charge is -2.22. The van der Waals surface area contributed by atoms with E-state index in [-0.39, 0.29) is 0 Å². The Morgan fingerprint density at radius 1 is 0.541 bits per heavy atom. The van der Waals surface area contributed by atoms with Crippen molar-refractivity contribution in [2.24, 2.45) is 0 Å². The Hall–Kier alpha value is -0.510. The van der Waals surface area contributed by atoms with Crippen LogP contribution in [0.2, 0.25) is 0 Å². The monoisotopic (exact) mass is 885 g/mol. The molecular formula is C53H108N2O5S. The van der Waals surface area contributed by atoms with Crippen molar-refractivity contribution in [3.05, 3.63) is 0 Å². The first-order chi connectivity index (χ1) is 30.1. The summed E-state index contributed by atoms with van der Waals surface area (Å²) in [5.74, 6) is 0. The Morgan fingerprint density at radius 3 is 1.33 bits per heavy atom. The lowest BCUT2D eigenvalue weighted by Crippen LogP contribution is -2.29. The summed E-state index contributed by atoms with van der Waals surface area (Å²) in [6.07, 6.45) is 48.9. The van der Waals surface area contributed by atoms with Gasteiger partial charge >= 0.3 is 0 Å². The molecule has 0 aromatic carbocycles. The quantitative estimate of drug-likeness (QED) is 0.0368. The number of nitrogens with one attached hydrogen (secondary N) is 1. The van der Waals surface area contributed by atoms with Gasteiger partial charge in [-0.3, -0.25) is 4.72 Å². The highest BCUT2D eigenvalue weighted by molar-refractivity contribution is 7.98. The molecule has 1 aliphatic rings. The van der Waals surface area contributed by atoms with Gasteiger partial charge in [-0.05, 0) is 83.8 Å². The zero-order valence-electron chi connectivity index (χ0n) is 42.0. The van der Waals surface area contributed by atoms with Crippen LogP contribution >= 0.6 is 11.9 Å². The van der Waals surface area contributed by atoms with E-state index in [0.717, 1.165) is 64.4 Å². The van der Waals surface area contributed by atoms with Crippen LogP contribution in [0.5, 0.6) is 0 Å². The van der Waals surface area contributed by atoms with Crippen LogP contribution in [-0.2, 0) is 23.8 Å². The highest BCUT2D eigenvalue weighted by Crippen LogP contribution is 2.18. The largest absolute Gasteiger partial charge is 0.381 e. The molecule has 1 N–H and O–H groups in total. The van der Waals surface area contributed by atoms with Gasteiger partial charge in [0.2, 0.25) is 0 Å². The van der Waals surface area contributed by atoms with Gasteiger partial charge in [-0.15, -0.1) is 0 Å². The minimum absolute atomic E-state index is 0.506. The molecule has 1 aliphatic heterocycles. The summed E-state index contributed by atoms with van der Waals surface area (Å²) >= 11 is 1.85. The average molecular weight is 886 g/mol. The number of aldehydes is 2. The fraction of sp³-hybridized carbons (Fsp3) is 0.962. The molecule has 2 atom stereocenters. The molecule has 0 spiro atoms. The number of nitrogens with zero attached hydrogens (tertiary/aromatic N) is 1. The Balaban J connectivity index is 0. The number of rotatable bonds is 46. The van der Waals surface area contributed by atoms with Crippen molar-refractivity contribution >= 4 is 24.5 Å². The van der Waals surface area contributed by atoms with Crippen molar-refractivity contribution in [2.45, 2.75) is 276 Å². The minimum Gasteiger partial charge on any atom is -0.381 e. The number of carbonyl (C=O) groups excluding carboxylic acids is 2. The maximum Gasteiger partial charge on any atom is 0.119 e. The number of carbonyl (C=O) groups is 2. The smallest absolute Gasteiger partial charge is 0.119 e. The van der Waals surface area contributed by atoms with Gasteiger partial charge in [0.15, 0.2) is 0 Å². The molecule has 0 aromatic heterocycles. The summed E-state index contributed by atoms with van der Waals surface area (Å²) in [4.78, 5) is 23.4. The summed E-state index contributed by atoms with van der Waals surface area (Å²) in [7, 11) is 3.71. The van der Waals surface area contributed by atoms with Gasteiger partial charge in [0.25, 0.3) is 0 Å². The SMILES string of the molecule is CCCCCCCCC(CC)OC.CCCCCCCCC(CCCCCCCC)OC.O=CCCCCCCCN(CCCCCCCC=O)CCCNSC1CCOC1. The van der Waals surface area contributed by atoms with E-state index in [1.54, 1.807) is 0 Å². The van der Waals surface area contributed by atoms with Gasteiger partial charge in [-0.2, -0.15) is 0 Å². The van der Waals surface area contributed by atoms with Gasteiger partial charge in [-0.25, -0.2) is 0 Å². The molecule has 8 heteroatoms. The third-order valence-corrected chi connectivity index (χ3v) is 13.3. The standard InChI is InChI=1S/C23H44N2O3S.C18H38O.C12H26O/c26-19-11-7-3-1-5-9-16-25(17-10-6-2-4-8-12-20-27)18-13-15-24-29-23-14-21-28-22-23;1-4-6-8-10-12-14-16-18(19-3)17-15-13-11-9-7-5-2;1-4-6-7-8-9-10-11-12(5-2)13-3/h19-20,23-24H,1-18,21-22H2;18H,4-17H2,1-3H3;12H,4-11H2,1-3H3. The molecule has 61 heavy (non-hydrogen) atoms. The molecule has 366 valence electrons. The van der Waals surface area contributed by atoms with Crippen molar-refractivity contribution in [3.63, 3.8) is 0 Å². The maximum atomic E-state index is 10.4. The van der Waals surface area contributed by atoms with E-state index >= 15 is 0 Å². The molecule has 0 bridgehead atoms. The first kappa shape index (κ1) is 62.6. The molecule has 1 saturated heterocycles. The van der Waals surface area contributed by atoms with Crippen LogP contribution < -0.4 is 4.72 Å².